The highest BCUT2D eigenvalue weighted by Crippen LogP contribution is 2.59. The summed E-state index contributed by atoms with van der Waals surface area (Å²) in [6.07, 6.45) is 13.0. The van der Waals surface area contributed by atoms with Crippen LogP contribution >= 0.6 is 12.6 Å². The molecule has 0 bridgehead atoms. The summed E-state index contributed by atoms with van der Waals surface area (Å²) in [7, 11) is 0. The predicted molar refractivity (Wildman–Crippen MR) is 136 cm³/mol. The lowest BCUT2D eigenvalue weighted by atomic mass is 9.64. The minimum atomic E-state index is -0.944. The molecule has 0 aliphatic heterocycles. The van der Waals surface area contributed by atoms with Gasteiger partial charge in [0.15, 0.2) is 0 Å². The summed E-state index contributed by atoms with van der Waals surface area (Å²) in [6.45, 7) is 12.9. The summed E-state index contributed by atoms with van der Waals surface area (Å²) in [4.78, 5) is 0. The van der Waals surface area contributed by atoms with Crippen molar-refractivity contribution in [2.75, 3.05) is 5.75 Å². The van der Waals surface area contributed by atoms with Gasteiger partial charge in [-0.2, -0.15) is 12.6 Å². The van der Waals surface area contributed by atoms with E-state index in [9.17, 15) is 9.50 Å². The number of benzene rings is 1. The van der Waals surface area contributed by atoms with Crippen molar-refractivity contribution in [3.8, 4) is 0 Å². The zero-order valence-corrected chi connectivity index (χ0v) is 21.7. The van der Waals surface area contributed by atoms with Crippen LogP contribution < -0.4 is 0 Å². The van der Waals surface area contributed by atoms with E-state index in [-0.39, 0.29) is 17.2 Å². The molecule has 0 heterocycles. The predicted octanol–water partition coefficient (Wildman–Crippen LogP) is 8.27. The smallest absolute Gasteiger partial charge is 0.127 e. The number of unbranched alkanes of at least 4 members (excludes halogenated alkanes) is 3. The summed E-state index contributed by atoms with van der Waals surface area (Å²) >= 11 is 4.09. The molecule has 1 aromatic rings. The van der Waals surface area contributed by atoms with Gasteiger partial charge >= 0.3 is 0 Å². The molecule has 1 aromatic carbocycles. The number of hydrogen-bond acceptors (Lipinski definition) is 2. The molecule has 0 radical (unpaired) electrons. The molecular weight excluding hydrogens is 403 g/mol. The van der Waals surface area contributed by atoms with Crippen LogP contribution in [0.2, 0.25) is 0 Å². The highest BCUT2D eigenvalue weighted by Gasteiger charge is 2.57. The minimum absolute atomic E-state index is 0.123. The van der Waals surface area contributed by atoms with Gasteiger partial charge in [0.1, 0.15) is 5.82 Å². The first kappa shape index (κ1) is 26.5. The van der Waals surface area contributed by atoms with Crippen molar-refractivity contribution in [1.29, 1.82) is 0 Å². The number of halogens is 1. The summed E-state index contributed by atoms with van der Waals surface area (Å²) in [5.41, 5.74) is 3.77. The van der Waals surface area contributed by atoms with Crippen LogP contribution in [0, 0.1) is 17.2 Å². The average Bonchev–Trinajstić information content (AvgIpc) is 3.18. The molecule has 0 saturated carbocycles. The molecule has 1 atom stereocenters. The quantitative estimate of drug-likeness (QED) is 0.288. The van der Waals surface area contributed by atoms with E-state index in [4.69, 9.17) is 0 Å². The van der Waals surface area contributed by atoms with E-state index in [1.54, 1.807) is 6.07 Å². The van der Waals surface area contributed by atoms with Crippen LogP contribution in [-0.4, -0.2) is 10.9 Å². The van der Waals surface area contributed by atoms with Gasteiger partial charge in [0.2, 0.25) is 0 Å². The number of aliphatic hydroxyl groups is 1. The molecule has 2 aliphatic carbocycles. The van der Waals surface area contributed by atoms with Crippen molar-refractivity contribution < 1.29 is 9.50 Å². The van der Waals surface area contributed by atoms with Crippen LogP contribution in [0.5, 0.6) is 0 Å². The van der Waals surface area contributed by atoms with E-state index in [1.165, 1.54) is 31.3 Å². The van der Waals surface area contributed by atoms with E-state index in [2.05, 4.69) is 60.2 Å². The molecule has 3 rings (SSSR count). The number of thiol groups is 1. The third kappa shape index (κ3) is 5.24. The van der Waals surface area contributed by atoms with E-state index in [0.29, 0.717) is 6.42 Å². The lowest BCUT2D eigenvalue weighted by molar-refractivity contribution is -0.113. The third-order valence-electron chi connectivity index (χ3n) is 7.39. The molecular formula is C28H45FOS. The second kappa shape index (κ2) is 11.4. The first-order valence-corrected chi connectivity index (χ1v) is 13.2. The topological polar surface area (TPSA) is 20.2 Å². The zero-order chi connectivity index (χ0) is 23.2. The zero-order valence-electron chi connectivity index (χ0n) is 20.8. The van der Waals surface area contributed by atoms with Crippen molar-refractivity contribution in [3.63, 3.8) is 0 Å². The minimum Gasteiger partial charge on any atom is -0.384 e. The van der Waals surface area contributed by atoms with Crippen LogP contribution in [0.4, 0.5) is 4.39 Å². The van der Waals surface area contributed by atoms with Crippen LogP contribution in [0.3, 0.4) is 0 Å². The summed E-state index contributed by atoms with van der Waals surface area (Å²) < 4.78 is 14.9. The Kier molecular flexibility index (Phi) is 9.70. The van der Waals surface area contributed by atoms with Crippen molar-refractivity contribution in [3.05, 3.63) is 40.2 Å². The molecule has 1 nitrogen and oxygen atoms in total. The largest absolute Gasteiger partial charge is 0.384 e. The molecule has 1 unspecified atom stereocenters. The van der Waals surface area contributed by atoms with E-state index < -0.39 is 5.60 Å². The molecule has 0 amide bonds. The second-order valence-electron chi connectivity index (χ2n) is 10.2. The lowest BCUT2D eigenvalue weighted by Crippen LogP contribution is -2.45. The fraction of sp³-hybridized carbons (Fsp3) is 0.714. The number of fused-ring (bicyclic) bond motifs is 3. The van der Waals surface area contributed by atoms with Crippen molar-refractivity contribution in [2.45, 2.75) is 111 Å². The van der Waals surface area contributed by atoms with E-state index in [1.807, 2.05) is 0 Å². The van der Waals surface area contributed by atoms with Gasteiger partial charge in [0, 0.05) is 5.41 Å². The normalized spacial score (nSPS) is 20.9. The molecule has 0 spiro atoms. The van der Waals surface area contributed by atoms with Gasteiger partial charge in [-0.15, -0.1) is 0 Å². The molecule has 3 heteroatoms. The third-order valence-corrected chi connectivity index (χ3v) is 7.71. The van der Waals surface area contributed by atoms with Crippen LogP contribution in [0.1, 0.15) is 115 Å². The maximum Gasteiger partial charge on any atom is 0.127 e. The monoisotopic (exact) mass is 448 g/mol. The standard InChI is InChI=1S/C22H31FO.C6H14S/c1-6-8-16(9-7-2)22(24)20-17(13-21(22,4)5)18(23)12-15-11-10-14(3)19(15)20;1-2-3-4-5-6-7/h10,12,16,24H,6-9,11,13H2,1-5H3;7H,2-6H2,1H3. The lowest BCUT2D eigenvalue weighted by Gasteiger charge is -2.45. The number of rotatable bonds is 9. The van der Waals surface area contributed by atoms with E-state index >= 15 is 0 Å². The Balaban J connectivity index is 0.000000423. The Hall–Kier alpha value is -0.800. The van der Waals surface area contributed by atoms with E-state index in [0.717, 1.165) is 60.1 Å². The van der Waals surface area contributed by atoms with Gasteiger partial charge in [0.25, 0.3) is 0 Å². The second-order valence-corrected chi connectivity index (χ2v) is 10.7. The van der Waals surface area contributed by atoms with Gasteiger partial charge in [-0.3, -0.25) is 0 Å². The fourth-order valence-corrected chi connectivity index (χ4v) is 6.01. The van der Waals surface area contributed by atoms with Gasteiger partial charge in [-0.1, -0.05) is 72.8 Å². The van der Waals surface area contributed by atoms with Crippen molar-refractivity contribution >= 4 is 18.2 Å². The van der Waals surface area contributed by atoms with Gasteiger partial charge in [-0.05, 0) is 84.6 Å². The Morgan fingerprint density at radius 3 is 2.26 bits per heavy atom. The first-order chi connectivity index (χ1) is 14.7. The Labute approximate surface area is 196 Å². The maximum absolute atomic E-state index is 14.9. The van der Waals surface area contributed by atoms with Crippen molar-refractivity contribution in [2.24, 2.45) is 11.3 Å². The van der Waals surface area contributed by atoms with Gasteiger partial charge in [0.05, 0.1) is 5.60 Å². The molecule has 0 aromatic heterocycles. The van der Waals surface area contributed by atoms with Gasteiger partial charge in [-0.25, -0.2) is 4.39 Å². The number of allylic oxidation sites excluding steroid dienone is 2. The highest BCUT2D eigenvalue weighted by molar-refractivity contribution is 7.80. The van der Waals surface area contributed by atoms with Crippen LogP contribution in [-0.2, 0) is 18.4 Å². The molecule has 31 heavy (non-hydrogen) atoms. The summed E-state index contributed by atoms with van der Waals surface area (Å²) in [6, 6.07) is 1.71. The van der Waals surface area contributed by atoms with Crippen LogP contribution in [0.25, 0.3) is 5.57 Å². The molecule has 176 valence electrons. The Morgan fingerprint density at radius 1 is 1.06 bits per heavy atom. The van der Waals surface area contributed by atoms with Gasteiger partial charge < -0.3 is 5.11 Å². The maximum atomic E-state index is 14.9. The Bertz CT molecular complexity index is 757. The molecule has 0 saturated heterocycles. The average molecular weight is 449 g/mol. The molecule has 0 fully saturated rings. The highest BCUT2D eigenvalue weighted by atomic mass is 32.1. The molecule has 2 aliphatic rings. The summed E-state index contributed by atoms with van der Waals surface area (Å²) in [5, 5.41) is 12.1. The number of hydrogen-bond donors (Lipinski definition) is 2. The molecule has 1 N–H and O–H groups in total. The van der Waals surface area contributed by atoms with Crippen LogP contribution in [0.15, 0.2) is 12.1 Å². The fourth-order valence-electron chi connectivity index (χ4n) is 5.78. The Morgan fingerprint density at radius 2 is 1.71 bits per heavy atom. The first-order valence-electron chi connectivity index (χ1n) is 12.5. The SMILES string of the molecule is CCCC(CCC)C1(O)c2c(c(F)cc3c2C(C)=CC3)CC1(C)C.CCCCCCS. The summed E-state index contributed by atoms with van der Waals surface area (Å²) in [5.74, 6) is 1.12. The van der Waals surface area contributed by atoms with Crippen molar-refractivity contribution in [1.82, 2.24) is 0 Å².